The molecular weight excluding hydrogens is 578 g/mol. The van der Waals surface area contributed by atoms with Gasteiger partial charge >= 0.3 is 23.8 Å². The smallest absolute Gasteiger partial charge is 0.421 e. The molecule has 2 unspecified atom stereocenters. The highest BCUT2D eigenvalue weighted by molar-refractivity contribution is 5.88. The molecule has 0 saturated carbocycles. The van der Waals surface area contributed by atoms with Crippen LogP contribution in [0.1, 0.15) is 31.4 Å². The fourth-order valence-corrected chi connectivity index (χ4v) is 4.96. The monoisotopic (exact) mass is 613 g/mol. The molecule has 0 saturated heterocycles. The Bertz CT molecular complexity index is 1420. The molecule has 13 nitrogen and oxygen atoms in total. The standard InChI is InChI=1S/C31H35NO12/c1-18(2)11-23(29(34)35)32(26-16-41-17-42-26)30(36)44-31(20-7-9-22(37-3)10-8-20)21(15-27(33)43-31)12-19-13-24(38-4)28(40-6)25(14-19)39-5/h7-10,13-16,18,23H,11-12,17H2,1-6H3,(H,34,35). The first kappa shape index (κ1) is 31.9. The molecule has 0 aromatic heterocycles. The minimum atomic E-state index is -2.10. The molecule has 0 aliphatic carbocycles. The largest absolute Gasteiger partial charge is 0.497 e. The van der Waals surface area contributed by atoms with Crippen molar-refractivity contribution in [2.45, 2.75) is 38.5 Å². The fraction of sp³-hybridized carbons (Fsp3) is 0.387. The summed E-state index contributed by atoms with van der Waals surface area (Å²) in [7, 11) is 5.91. The highest BCUT2D eigenvalue weighted by Crippen LogP contribution is 2.45. The van der Waals surface area contributed by atoms with Gasteiger partial charge in [-0.2, -0.15) is 0 Å². The normalized spacial score (nSPS) is 17.8. The van der Waals surface area contributed by atoms with Crippen LogP contribution in [-0.2, 0) is 40.7 Å². The van der Waals surface area contributed by atoms with E-state index in [1.807, 2.05) is 13.8 Å². The van der Waals surface area contributed by atoms with Gasteiger partial charge in [0.25, 0.3) is 0 Å². The minimum absolute atomic E-state index is 0.0262. The van der Waals surface area contributed by atoms with Gasteiger partial charge in [-0.3, -0.25) is 0 Å². The lowest BCUT2D eigenvalue weighted by atomic mass is 9.92. The van der Waals surface area contributed by atoms with Crippen LogP contribution in [0, 0.1) is 5.92 Å². The first-order chi connectivity index (χ1) is 21.1. The first-order valence-electron chi connectivity index (χ1n) is 13.6. The second kappa shape index (κ2) is 13.5. The zero-order chi connectivity index (χ0) is 32.0. The van der Waals surface area contributed by atoms with Crippen LogP contribution < -0.4 is 18.9 Å². The maximum atomic E-state index is 14.1. The molecule has 1 N–H and O–H groups in total. The van der Waals surface area contributed by atoms with Crippen molar-refractivity contribution >= 4 is 18.0 Å². The zero-order valence-corrected chi connectivity index (χ0v) is 25.3. The van der Waals surface area contributed by atoms with E-state index in [9.17, 15) is 19.5 Å². The molecule has 0 bridgehead atoms. The maximum absolute atomic E-state index is 14.1. The summed E-state index contributed by atoms with van der Waals surface area (Å²) >= 11 is 0. The van der Waals surface area contributed by atoms with Crippen molar-refractivity contribution in [2.75, 3.05) is 35.2 Å². The molecule has 4 rings (SSSR count). The Morgan fingerprint density at radius 1 is 1.00 bits per heavy atom. The molecule has 2 aliphatic rings. The average molecular weight is 614 g/mol. The average Bonchev–Trinajstić information content (AvgIpc) is 3.64. The highest BCUT2D eigenvalue weighted by atomic mass is 16.8. The SMILES string of the molecule is COc1ccc(C2(OC(=O)N(C3=COCO3)C(CC(C)C)C(=O)O)OC(=O)C=C2Cc2cc(OC)c(OC)c(OC)c2)cc1. The van der Waals surface area contributed by atoms with E-state index < -0.39 is 29.9 Å². The van der Waals surface area contributed by atoms with E-state index in [0.717, 1.165) is 11.2 Å². The van der Waals surface area contributed by atoms with Crippen molar-refractivity contribution in [3.8, 4) is 23.0 Å². The quantitative estimate of drug-likeness (QED) is 0.320. The summed E-state index contributed by atoms with van der Waals surface area (Å²) in [6.07, 6.45) is 1.30. The van der Waals surface area contributed by atoms with Gasteiger partial charge in [0.05, 0.1) is 28.4 Å². The summed E-state index contributed by atoms with van der Waals surface area (Å²) < 4.78 is 44.1. The minimum Gasteiger partial charge on any atom is -0.497 e. The number of esters is 1. The van der Waals surface area contributed by atoms with Crippen LogP contribution in [0.15, 0.2) is 60.2 Å². The number of rotatable bonds is 13. The summed E-state index contributed by atoms with van der Waals surface area (Å²) in [5, 5.41) is 10.1. The van der Waals surface area contributed by atoms with Gasteiger partial charge < -0.3 is 43.0 Å². The number of carbonyl (C=O) groups is 3. The van der Waals surface area contributed by atoms with Gasteiger partial charge in [0.1, 0.15) is 18.1 Å². The Morgan fingerprint density at radius 3 is 2.16 bits per heavy atom. The third kappa shape index (κ3) is 6.46. The summed E-state index contributed by atoms with van der Waals surface area (Å²) in [6.45, 7) is 3.41. The molecular formula is C31H35NO12. The third-order valence-electron chi connectivity index (χ3n) is 6.96. The number of hydrogen-bond acceptors (Lipinski definition) is 11. The number of aliphatic carboxylic acids is 1. The van der Waals surface area contributed by atoms with Crippen LogP contribution in [-0.4, -0.2) is 69.3 Å². The molecule has 2 aliphatic heterocycles. The Kier molecular flexibility index (Phi) is 9.77. The molecule has 2 aromatic carbocycles. The number of carboxylic acid groups (broad SMARTS) is 1. The lowest BCUT2D eigenvalue weighted by Crippen LogP contribution is -2.49. The van der Waals surface area contributed by atoms with Crippen molar-refractivity contribution in [1.82, 2.24) is 4.90 Å². The number of carboxylic acids is 1. The molecule has 1 amide bonds. The van der Waals surface area contributed by atoms with Crippen molar-refractivity contribution in [3.63, 3.8) is 0 Å². The van der Waals surface area contributed by atoms with Crippen LogP contribution in [0.25, 0.3) is 0 Å². The van der Waals surface area contributed by atoms with Gasteiger partial charge in [-0.05, 0) is 54.3 Å². The van der Waals surface area contributed by atoms with Gasteiger partial charge in [0.2, 0.25) is 18.4 Å². The summed E-state index contributed by atoms with van der Waals surface area (Å²) in [4.78, 5) is 40.3. The van der Waals surface area contributed by atoms with E-state index in [2.05, 4.69) is 0 Å². The van der Waals surface area contributed by atoms with Gasteiger partial charge in [-0.1, -0.05) is 13.8 Å². The van der Waals surface area contributed by atoms with Crippen molar-refractivity contribution in [1.29, 1.82) is 0 Å². The Labute approximate surface area is 254 Å². The molecule has 13 heteroatoms. The van der Waals surface area contributed by atoms with Crippen LogP contribution in [0.2, 0.25) is 0 Å². The number of carbonyl (C=O) groups excluding carboxylic acids is 2. The zero-order valence-electron chi connectivity index (χ0n) is 25.3. The van der Waals surface area contributed by atoms with E-state index in [4.69, 9.17) is 37.9 Å². The second-order valence-corrected chi connectivity index (χ2v) is 10.3. The molecule has 0 spiro atoms. The molecule has 44 heavy (non-hydrogen) atoms. The van der Waals surface area contributed by atoms with Crippen molar-refractivity contribution < 1.29 is 57.4 Å². The number of nitrogens with zero attached hydrogens (tertiary/aromatic N) is 1. The number of amides is 1. The third-order valence-corrected chi connectivity index (χ3v) is 6.96. The van der Waals surface area contributed by atoms with Crippen molar-refractivity contribution in [3.05, 3.63) is 71.3 Å². The van der Waals surface area contributed by atoms with Crippen molar-refractivity contribution in [2.24, 2.45) is 5.92 Å². The van der Waals surface area contributed by atoms with Crippen LogP contribution >= 0.6 is 0 Å². The van der Waals surface area contributed by atoms with E-state index in [0.29, 0.717) is 28.6 Å². The number of methoxy groups -OCH3 is 4. The predicted molar refractivity (Wildman–Crippen MR) is 153 cm³/mol. The summed E-state index contributed by atoms with van der Waals surface area (Å²) in [5.74, 6) is -2.84. The number of cyclic esters (lactones) is 1. The number of benzene rings is 2. The predicted octanol–water partition coefficient (Wildman–Crippen LogP) is 4.34. The second-order valence-electron chi connectivity index (χ2n) is 10.3. The van der Waals surface area contributed by atoms with Crippen LogP contribution in [0.5, 0.6) is 23.0 Å². The van der Waals surface area contributed by atoms with E-state index in [1.54, 1.807) is 36.4 Å². The molecule has 2 heterocycles. The molecule has 2 atom stereocenters. The molecule has 0 fully saturated rings. The first-order valence-corrected chi connectivity index (χ1v) is 13.6. The van der Waals surface area contributed by atoms with E-state index in [-0.39, 0.29) is 42.6 Å². The molecule has 0 radical (unpaired) electrons. The Hall–Kier alpha value is -5.07. The lowest BCUT2D eigenvalue weighted by Gasteiger charge is -2.35. The van der Waals surface area contributed by atoms with Crippen LogP contribution in [0.3, 0.4) is 0 Å². The topological polar surface area (TPSA) is 149 Å². The molecule has 236 valence electrons. The Morgan fingerprint density at radius 2 is 1.66 bits per heavy atom. The van der Waals surface area contributed by atoms with Gasteiger partial charge in [-0.25, -0.2) is 19.3 Å². The highest BCUT2D eigenvalue weighted by Gasteiger charge is 2.51. The fourth-order valence-electron chi connectivity index (χ4n) is 4.96. The van der Waals surface area contributed by atoms with E-state index >= 15 is 0 Å². The van der Waals surface area contributed by atoms with Crippen LogP contribution in [0.4, 0.5) is 4.79 Å². The summed E-state index contributed by atoms with van der Waals surface area (Å²) in [5.41, 5.74) is 1.11. The Balaban J connectivity index is 1.83. The molecule has 2 aromatic rings. The van der Waals surface area contributed by atoms with Gasteiger partial charge in [-0.15, -0.1) is 0 Å². The summed E-state index contributed by atoms with van der Waals surface area (Å²) in [6, 6.07) is 8.38. The number of hydrogen-bond donors (Lipinski definition) is 1. The maximum Gasteiger partial charge on any atom is 0.421 e. The van der Waals surface area contributed by atoms with E-state index in [1.165, 1.54) is 34.5 Å². The van der Waals surface area contributed by atoms with Gasteiger partial charge in [0.15, 0.2) is 11.5 Å². The number of ether oxygens (including phenoxy) is 8. The van der Waals surface area contributed by atoms with Gasteiger partial charge in [0, 0.05) is 23.6 Å². The lowest BCUT2D eigenvalue weighted by molar-refractivity contribution is -0.190.